The maximum atomic E-state index is 13.3. The molecule has 1 aliphatic heterocycles. The molecule has 1 atom stereocenters. The van der Waals surface area contributed by atoms with Gasteiger partial charge in [-0.3, -0.25) is 4.79 Å². The molecule has 1 unspecified atom stereocenters. The lowest BCUT2D eigenvalue weighted by Crippen LogP contribution is -2.44. The van der Waals surface area contributed by atoms with Gasteiger partial charge in [-0.05, 0) is 53.9 Å². The molecule has 1 heterocycles. The molecule has 138 valence electrons. The molecule has 2 aliphatic carbocycles. The molecule has 27 heavy (non-hydrogen) atoms. The molecule has 2 aromatic carbocycles. The minimum Gasteiger partial charge on any atom is -0.370 e. The Bertz CT molecular complexity index is 874. The predicted octanol–water partition coefficient (Wildman–Crippen LogP) is 3.79. The predicted molar refractivity (Wildman–Crippen MR) is 107 cm³/mol. The molecule has 5 rings (SSSR count). The SMILES string of the molecule is C=C(C1CC1)N1Cc2ccccc2C(C(=O)NC2Cc3ccccc3C2)C1. The summed E-state index contributed by atoms with van der Waals surface area (Å²) < 4.78 is 0. The van der Waals surface area contributed by atoms with Gasteiger partial charge in [0.25, 0.3) is 0 Å². The summed E-state index contributed by atoms with van der Waals surface area (Å²) in [4.78, 5) is 15.6. The second kappa shape index (κ2) is 6.56. The molecule has 0 bridgehead atoms. The topological polar surface area (TPSA) is 32.3 Å². The van der Waals surface area contributed by atoms with Gasteiger partial charge in [0.1, 0.15) is 0 Å². The molecule has 0 aromatic heterocycles. The summed E-state index contributed by atoms with van der Waals surface area (Å²) in [7, 11) is 0. The summed E-state index contributed by atoms with van der Waals surface area (Å²) in [6, 6.07) is 17.2. The molecular weight excluding hydrogens is 332 g/mol. The van der Waals surface area contributed by atoms with Crippen molar-refractivity contribution in [3.8, 4) is 0 Å². The highest BCUT2D eigenvalue weighted by Crippen LogP contribution is 2.40. The molecule has 0 spiro atoms. The van der Waals surface area contributed by atoms with Gasteiger partial charge in [0.2, 0.25) is 5.91 Å². The number of fused-ring (bicyclic) bond motifs is 2. The Kier molecular flexibility index (Phi) is 4.04. The second-order valence-electron chi connectivity index (χ2n) is 8.28. The normalized spacial score (nSPS) is 21.5. The number of nitrogens with one attached hydrogen (secondary N) is 1. The van der Waals surface area contributed by atoms with E-state index in [-0.39, 0.29) is 17.9 Å². The van der Waals surface area contributed by atoms with Crippen LogP contribution in [0.25, 0.3) is 0 Å². The first-order valence-electron chi connectivity index (χ1n) is 10.1. The van der Waals surface area contributed by atoms with Crippen LogP contribution in [0.15, 0.2) is 60.8 Å². The Morgan fingerprint density at radius 2 is 1.59 bits per heavy atom. The summed E-state index contributed by atoms with van der Waals surface area (Å²) in [5.74, 6) is 0.672. The van der Waals surface area contributed by atoms with Gasteiger partial charge in [-0.1, -0.05) is 55.1 Å². The van der Waals surface area contributed by atoms with Gasteiger partial charge in [0, 0.05) is 24.8 Å². The Balaban J connectivity index is 1.35. The molecule has 3 nitrogen and oxygen atoms in total. The van der Waals surface area contributed by atoms with Crippen molar-refractivity contribution < 1.29 is 4.79 Å². The van der Waals surface area contributed by atoms with Gasteiger partial charge in [0.15, 0.2) is 0 Å². The van der Waals surface area contributed by atoms with E-state index in [2.05, 4.69) is 65.3 Å². The zero-order valence-electron chi connectivity index (χ0n) is 15.7. The van der Waals surface area contributed by atoms with E-state index in [1.165, 1.54) is 40.8 Å². The van der Waals surface area contributed by atoms with Crippen LogP contribution in [-0.4, -0.2) is 23.4 Å². The van der Waals surface area contributed by atoms with Gasteiger partial charge in [-0.25, -0.2) is 0 Å². The zero-order valence-corrected chi connectivity index (χ0v) is 15.7. The lowest BCUT2D eigenvalue weighted by atomic mass is 9.88. The lowest BCUT2D eigenvalue weighted by molar-refractivity contribution is -0.123. The highest BCUT2D eigenvalue weighted by molar-refractivity contribution is 5.85. The number of hydrogen-bond acceptors (Lipinski definition) is 2. The number of amides is 1. The summed E-state index contributed by atoms with van der Waals surface area (Å²) in [6.07, 6.45) is 4.37. The highest BCUT2D eigenvalue weighted by Gasteiger charge is 2.36. The monoisotopic (exact) mass is 358 g/mol. The van der Waals surface area contributed by atoms with E-state index in [1.54, 1.807) is 0 Å². The summed E-state index contributed by atoms with van der Waals surface area (Å²) in [6.45, 7) is 5.96. The van der Waals surface area contributed by atoms with Crippen LogP contribution >= 0.6 is 0 Å². The van der Waals surface area contributed by atoms with Gasteiger partial charge >= 0.3 is 0 Å². The Labute approximate surface area is 161 Å². The molecule has 3 heteroatoms. The Morgan fingerprint density at radius 3 is 2.26 bits per heavy atom. The van der Waals surface area contributed by atoms with E-state index < -0.39 is 0 Å². The molecule has 1 N–H and O–H groups in total. The third-order valence-corrected chi connectivity index (χ3v) is 6.36. The summed E-state index contributed by atoms with van der Waals surface area (Å²) in [5, 5.41) is 3.35. The minimum absolute atomic E-state index is 0.117. The summed E-state index contributed by atoms with van der Waals surface area (Å²) in [5.41, 5.74) is 6.41. The first-order chi connectivity index (χ1) is 13.2. The molecule has 1 saturated carbocycles. The molecule has 0 saturated heterocycles. The van der Waals surface area contributed by atoms with Crippen LogP contribution in [0, 0.1) is 5.92 Å². The molecule has 1 fully saturated rings. The van der Waals surface area contributed by atoms with Crippen LogP contribution in [0.3, 0.4) is 0 Å². The fraction of sp³-hybridized carbons (Fsp3) is 0.375. The average molecular weight is 358 g/mol. The number of rotatable bonds is 4. The van der Waals surface area contributed by atoms with E-state index in [1.807, 2.05) is 0 Å². The van der Waals surface area contributed by atoms with E-state index in [0.29, 0.717) is 5.92 Å². The first kappa shape index (κ1) is 16.6. The van der Waals surface area contributed by atoms with E-state index in [0.717, 1.165) is 25.9 Å². The smallest absolute Gasteiger partial charge is 0.229 e. The van der Waals surface area contributed by atoms with Crippen LogP contribution in [0.2, 0.25) is 0 Å². The number of benzene rings is 2. The van der Waals surface area contributed by atoms with E-state index >= 15 is 0 Å². The zero-order chi connectivity index (χ0) is 18.4. The van der Waals surface area contributed by atoms with Crippen LogP contribution in [0.1, 0.15) is 41.0 Å². The highest BCUT2D eigenvalue weighted by atomic mass is 16.2. The second-order valence-corrected chi connectivity index (χ2v) is 8.28. The van der Waals surface area contributed by atoms with Gasteiger partial charge in [-0.2, -0.15) is 0 Å². The Morgan fingerprint density at radius 1 is 0.963 bits per heavy atom. The van der Waals surface area contributed by atoms with Crippen molar-refractivity contribution in [2.24, 2.45) is 5.92 Å². The fourth-order valence-corrected chi connectivity index (χ4v) is 4.69. The molecule has 3 aliphatic rings. The van der Waals surface area contributed by atoms with Crippen molar-refractivity contribution in [3.05, 3.63) is 83.1 Å². The van der Waals surface area contributed by atoms with Crippen LogP contribution < -0.4 is 5.32 Å². The van der Waals surface area contributed by atoms with Crippen LogP contribution in [0.4, 0.5) is 0 Å². The lowest BCUT2D eigenvalue weighted by Gasteiger charge is -2.37. The van der Waals surface area contributed by atoms with Crippen molar-refractivity contribution in [2.45, 2.75) is 44.2 Å². The van der Waals surface area contributed by atoms with Gasteiger partial charge < -0.3 is 10.2 Å². The van der Waals surface area contributed by atoms with Crippen molar-refractivity contribution >= 4 is 5.91 Å². The fourth-order valence-electron chi connectivity index (χ4n) is 4.69. The maximum Gasteiger partial charge on any atom is 0.229 e. The molecule has 2 aromatic rings. The van der Waals surface area contributed by atoms with Crippen molar-refractivity contribution in [1.29, 1.82) is 0 Å². The van der Waals surface area contributed by atoms with E-state index in [9.17, 15) is 4.79 Å². The first-order valence-corrected chi connectivity index (χ1v) is 10.1. The largest absolute Gasteiger partial charge is 0.370 e. The third kappa shape index (κ3) is 3.16. The van der Waals surface area contributed by atoms with Crippen LogP contribution in [-0.2, 0) is 24.2 Å². The number of carbonyl (C=O) groups is 1. The maximum absolute atomic E-state index is 13.3. The van der Waals surface area contributed by atoms with Gasteiger partial charge in [0.05, 0.1) is 5.92 Å². The quantitative estimate of drug-likeness (QED) is 0.902. The number of allylic oxidation sites excluding steroid dienone is 1. The van der Waals surface area contributed by atoms with Crippen LogP contribution in [0.5, 0.6) is 0 Å². The minimum atomic E-state index is -0.117. The molecule has 0 radical (unpaired) electrons. The Hall–Kier alpha value is -2.55. The standard InChI is InChI=1S/C24H26N2O/c1-16(17-10-11-17)26-14-20-8-4-5-9-22(20)23(15-26)24(27)25-21-12-18-6-2-3-7-19(18)13-21/h2-9,17,21,23H,1,10-15H2,(H,25,27). The summed E-state index contributed by atoms with van der Waals surface area (Å²) >= 11 is 0. The average Bonchev–Trinajstić information content (AvgIpc) is 3.46. The third-order valence-electron chi connectivity index (χ3n) is 6.36. The van der Waals surface area contributed by atoms with Crippen molar-refractivity contribution in [3.63, 3.8) is 0 Å². The molecular formula is C24H26N2O. The number of nitrogens with zero attached hydrogens (tertiary/aromatic N) is 1. The van der Waals surface area contributed by atoms with E-state index in [4.69, 9.17) is 0 Å². The van der Waals surface area contributed by atoms with Crippen molar-refractivity contribution in [1.82, 2.24) is 10.2 Å². The molecule has 1 amide bonds. The number of carbonyl (C=O) groups excluding carboxylic acids is 1. The number of hydrogen-bond donors (Lipinski definition) is 1. The van der Waals surface area contributed by atoms with Crippen molar-refractivity contribution in [2.75, 3.05) is 6.54 Å². The van der Waals surface area contributed by atoms with Gasteiger partial charge in [-0.15, -0.1) is 0 Å².